The van der Waals surface area contributed by atoms with Crippen LogP contribution >= 0.6 is 23.1 Å². The number of unbranched alkanes of at least 4 members (excludes halogenated alkanes) is 1. The van der Waals surface area contributed by atoms with Crippen molar-refractivity contribution in [2.75, 3.05) is 24.2 Å². The molecule has 0 aliphatic heterocycles. The van der Waals surface area contributed by atoms with Gasteiger partial charge >= 0.3 is 0 Å². The summed E-state index contributed by atoms with van der Waals surface area (Å²) < 4.78 is 1.00. The van der Waals surface area contributed by atoms with Gasteiger partial charge in [-0.3, -0.25) is 0 Å². The molecule has 1 aliphatic rings. The topological polar surface area (TPSA) is 82.4 Å². The fraction of sp³-hybridized carbons (Fsp3) is 0.609. The number of aliphatic hydroxyl groups excluding tert-OH is 2. The Labute approximate surface area is 192 Å². The molecule has 0 saturated heterocycles. The van der Waals surface area contributed by atoms with E-state index in [1.807, 2.05) is 11.2 Å². The summed E-state index contributed by atoms with van der Waals surface area (Å²) in [6, 6.07) is 0. The van der Waals surface area contributed by atoms with E-state index in [9.17, 15) is 10.2 Å². The van der Waals surface area contributed by atoms with Crippen LogP contribution in [0.3, 0.4) is 0 Å². The summed E-state index contributed by atoms with van der Waals surface area (Å²) in [6.45, 7) is 6.58. The molecule has 0 bridgehead atoms. The minimum Gasteiger partial charge on any atom is -0.392 e. The molecule has 31 heavy (non-hydrogen) atoms. The minimum atomic E-state index is -0.529. The van der Waals surface area contributed by atoms with Gasteiger partial charge in [0, 0.05) is 24.2 Å². The van der Waals surface area contributed by atoms with E-state index in [1.165, 1.54) is 46.8 Å². The van der Waals surface area contributed by atoms with Gasteiger partial charge in [-0.05, 0) is 63.3 Å². The number of hydrogen-bond acceptors (Lipinski definition) is 8. The van der Waals surface area contributed by atoms with E-state index in [1.54, 1.807) is 25.2 Å². The summed E-state index contributed by atoms with van der Waals surface area (Å²) in [4.78, 5) is 17.9. The quantitative estimate of drug-likeness (QED) is 0.363. The molecule has 3 heterocycles. The lowest BCUT2D eigenvalue weighted by Gasteiger charge is -2.27. The Morgan fingerprint density at radius 3 is 2.42 bits per heavy atom. The van der Waals surface area contributed by atoms with E-state index < -0.39 is 12.2 Å². The molecule has 0 spiro atoms. The summed E-state index contributed by atoms with van der Waals surface area (Å²) in [5.41, 5.74) is 5.11. The fourth-order valence-electron chi connectivity index (χ4n) is 4.55. The summed E-state index contributed by atoms with van der Waals surface area (Å²) in [5.74, 6) is 0.793. The molecule has 6 nitrogen and oxygen atoms in total. The molecule has 2 atom stereocenters. The van der Waals surface area contributed by atoms with Gasteiger partial charge in [0.25, 0.3) is 0 Å². The molecule has 0 amide bonds. The van der Waals surface area contributed by atoms with Gasteiger partial charge in [-0.2, -0.15) is 0 Å². The Kier molecular flexibility index (Phi) is 7.01. The molecule has 0 radical (unpaired) electrons. The number of aromatic nitrogens is 3. The highest BCUT2D eigenvalue weighted by molar-refractivity contribution is 7.98. The normalized spacial score (nSPS) is 15.5. The van der Waals surface area contributed by atoms with E-state index in [-0.39, 0.29) is 0 Å². The predicted molar refractivity (Wildman–Crippen MR) is 131 cm³/mol. The molecule has 168 valence electrons. The lowest BCUT2D eigenvalue weighted by atomic mass is 10.0. The van der Waals surface area contributed by atoms with Crippen molar-refractivity contribution in [2.45, 2.75) is 76.7 Å². The zero-order chi connectivity index (χ0) is 22.1. The first-order valence-corrected chi connectivity index (χ1v) is 13.3. The Morgan fingerprint density at radius 1 is 1.06 bits per heavy atom. The highest BCUT2D eigenvalue weighted by Gasteiger charge is 2.26. The molecule has 3 aromatic rings. The van der Waals surface area contributed by atoms with Crippen LogP contribution in [0.25, 0.3) is 20.4 Å². The molecule has 0 unspecified atom stereocenters. The van der Waals surface area contributed by atoms with Crippen molar-refractivity contribution in [1.82, 2.24) is 15.0 Å². The van der Waals surface area contributed by atoms with Crippen molar-refractivity contribution >= 4 is 49.3 Å². The van der Waals surface area contributed by atoms with Gasteiger partial charge < -0.3 is 15.1 Å². The number of thioether (sulfide) groups is 1. The zero-order valence-electron chi connectivity index (χ0n) is 18.8. The van der Waals surface area contributed by atoms with Crippen LogP contribution in [0.2, 0.25) is 0 Å². The number of pyridine rings is 1. The summed E-state index contributed by atoms with van der Waals surface area (Å²) >= 11 is 3.18. The van der Waals surface area contributed by atoms with E-state index in [0.29, 0.717) is 18.2 Å². The highest BCUT2D eigenvalue weighted by atomic mass is 32.2. The fourth-order valence-corrected chi connectivity index (χ4v) is 6.09. The van der Waals surface area contributed by atoms with Gasteiger partial charge in [0.2, 0.25) is 0 Å². The maximum absolute atomic E-state index is 10.1. The summed E-state index contributed by atoms with van der Waals surface area (Å²) in [7, 11) is 0. The molecule has 8 heteroatoms. The highest BCUT2D eigenvalue weighted by Crippen LogP contribution is 2.43. The molecule has 0 saturated carbocycles. The van der Waals surface area contributed by atoms with E-state index in [4.69, 9.17) is 15.0 Å². The molecule has 2 N–H and O–H groups in total. The van der Waals surface area contributed by atoms with Crippen LogP contribution in [-0.2, 0) is 19.3 Å². The Morgan fingerprint density at radius 2 is 1.77 bits per heavy atom. The first-order valence-electron chi connectivity index (χ1n) is 11.2. The Balaban J connectivity index is 1.96. The molecular formula is C23H32N4O2S2. The molecule has 0 aromatic carbocycles. The van der Waals surface area contributed by atoms with Crippen molar-refractivity contribution in [1.29, 1.82) is 0 Å². The smallest absolute Gasteiger partial charge is 0.189 e. The maximum atomic E-state index is 10.1. The van der Waals surface area contributed by atoms with Crippen molar-refractivity contribution in [2.24, 2.45) is 0 Å². The minimum absolute atomic E-state index is 0.409. The second kappa shape index (κ2) is 9.57. The van der Waals surface area contributed by atoms with Crippen LogP contribution in [0.15, 0.2) is 5.16 Å². The average molecular weight is 461 g/mol. The number of thiophene rings is 1. The number of fused-ring (bicyclic) bond motifs is 5. The van der Waals surface area contributed by atoms with Crippen molar-refractivity contribution < 1.29 is 10.2 Å². The number of aryl methyl sites for hydroxylation is 2. The third kappa shape index (κ3) is 4.53. The molecule has 0 fully saturated rings. The monoisotopic (exact) mass is 460 g/mol. The van der Waals surface area contributed by atoms with E-state index >= 15 is 0 Å². The third-order valence-electron chi connectivity index (χ3n) is 5.80. The number of anilines is 1. The van der Waals surface area contributed by atoms with Crippen molar-refractivity contribution in [3.05, 3.63) is 16.8 Å². The first-order chi connectivity index (χ1) is 14.9. The van der Waals surface area contributed by atoms with Crippen LogP contribution in [0.4, 0.5) is 5.82 Å². The lowest BCUT2D eigenvalue weighted by Crippen LogP contribution is -2.37. The second-order valence-corrected chi connectivity index (χ2v) is 10.3. The van der Waals surface area contributed by atoms with Crippen LogP contribution in [0, 0.1) is 0 Å². The van der Waals surface area contributed by atoms with Crippen LogP contribution in [0.1, 0.15) is 56.9 Å². The third-order valence-corrected chi connectivity index (χ3v) is 7.42. The predicted octanol–water partition coefficient (Wildman–Crippen LogP) is 4.36. The largest absolute Gasteiger partial charge is 0.392 e. The van der Waals surface area contributed by atoms with Gasteiger partial charge in [-0.1, -0.05) is 25.1 Å². The summed E-state index contributed by atoms with van der Waals surface area (Å²) in [5, 5.41) is 22.1. The second-order valence-electron chi connectivity index (χ2n) is 8.57. The number of aliphatic hydroxyl groups is 2. The van der Waals surface area contributed by atoms with Gasteiger partial charge in [0.1, 0.15) is 4.83 Å². The molecule has 3 aromatic heterocycles. The summed E-state index contributed by atoms with van der Waals surface area (Å²) in [6.07, 6.45) is 7.66. The molecular weight excluding hydrogens is 428 g/mol. The number of nitrogens with zero attached hydrogens (tertiary/aromatic N) is 4. The molecule has 4 rings (SSSR count). The van der Waals surface area contributed by atoms with Crippen molar-refractivity contribution in [3.63, 3.8) is 0 Å². The lowest BCUT2D eigenvalue weighted by molar-refractivity contribution is 0.178. The van der Waals surface area contributed by atoms with E-state index in [0.717, 1.165) is 46.5 Å². The SMILES string of the molecule is CCCCc1nc2sc3c(N(C[C@@H](C)O)C[C@@H](C)O)nc(SC)nc3c2c2c1CCC2. The Hall–Kier alpha value is -1.48. The van der Waals surface area contributed by atoms with E-state index in [2.05, 4.69) is 6.92 Å². The zero-order valence-corrected chi connectivity index (χ0v) is 20.4. The molecule has 1 aliphatic carbocycles. The standard InChI is InChI=1S/C23H32N4O2S2/c1-5-6-10-17-15-8-7-9-16(15)18-19-20(31-22(18)24-17)21(26-23(25-19)30-4)27(11-13(2)28)12-14(3)29/h13-14,28-29H,5-12H2,1-4H3/t13-,14-/m1/s1. The van der Waals surface area contributed by atoms with Gasteiger partial charge in [0.15, 0.2) is 11.0 Å². The van der Waals surface area contributed by atoms with Crippen molar-refractivity contribution in [3.8, 4) is 0 Å². The van der Waals surface area contributed by atoms with Crippen LogP contribution < -0.4 is 4.90 Å². The first kappa shape index (κ1) is 22.7. The van der Waals surface area contributed by atoms with Gasteiger partial charge in [-0.25, -0.2) is 15.0 Å². The van der Waals surface area contributed by atoms with Gasteiger partial charge in [-0.15, -0.1) is 11.3 Å². The number of rotatable bonds is 9. The Bertz CT molecular complexity index is 1070. The number of hydrogen-bond donors (Lipinski definition) is 2. The average Bonchev–Trinajstić information content (AvgIpc) is 3.34. The maximum Gasteiger partial charge on any atom is 0.189 e. The van der Waals surface area contributed by atoms with Crippen LogP contribution in [-0.4, -0.2) is 56.7 Å². The van der Waals surface area contributed by atoms with Gasteiger partial charge in [0.05, 0.1) is 22.4 Å². The van der Waals surface area contributed by atoms with Crippen LogP contribution in [0.5, 0.6) is 0 Å².